The Morgan fingerprint density at radius 3 is 2.88 bits per heavy atom. The Labute approximate surface area is 226 Å². The molecule has 0 radical (unpaired) electrons. The number of hydrogen-bond donors (Lipinski definition) is 3. The SMILES string of the molecule is Cn1c(Nc2cc3n(n2)CCCC3(F)F)nc2ncc(Oc3ccnc(NC(=O)N4CCC(O)C4)c3)c(C#N)c21. The zero-order chi connectivity index (χ0) is 28.0. The van der Waals surface area contributed by atoms with Gasteiger partial charge in [-0.2, -0.15) is 24.1 Å². The van der Waals surface area contributed by atoms with Gasteiger partial charge in [0, 0.05) is 51.4 Å². The van der Waals surface area contributed by atoms with E-state index in [2.05, 4.69) is 36.8 Å². The minimum atomic E-state index is -2.95. The highest BCUT2D eigenvalue weighted by molar-refractivity contribution is 5.88. The number of carbonyl (C=O) groups is 1. The van der Waals surface area contributed by atoms with Crippen LogP contribution in [0.1, 0.15) is 30.5 Å². The monoisotopic (exact) mass is 550 g/mol. The van der Waals surface area contributed by atoms with E-state index in [0.29, 0.717) is 37.2 Å². The topological polar surface area (TPSA) is 159 Å². The van der Waals surface area contributed by atoms with Gasteiger partial charge < -0.3 is 24.6 Å². The second kappa shape index (κ2) is 9.72. The fraction of sp³-hybridized carbons (Fsp3) is 0.360. The Morgan fingerprint density at radius 2 is 2.12 bits per heavy atom. The summed E-state index contributed by atoms with van der Waals surface area (Å²) in [6, 6.07) is 6.11. The molecule has 1 fully saturated rings. The number of nitrogens with one attached hydrogen (secondary N) is 2. The molecule has 1 atom stereocenters. The molecule has 40 heavy (non-hydrogen) atoms. The fourth-order valence-electron chi connectivity index (χ4n) is 4.87. The third-order valence-corrected chi connectivity index (χ3v) is 6.88. The summed E-state index contributed by atoms with van der Waals surface area (Å²) in [7, 11) is 1.66. The van der Waals surface area contributed by atoms with Crippen molar-refractivity contribution in [2.75, 3.05) is 23.7 Å². The van der Waals surface area contributed by atoms with E-state index in [1.807, 2.05) is 0 Å². The number of pyridine rings is 2. The Balaban J connectivity index is 1.24. The first-order valence-electron chi connectivity index (χ1n) is 12.6. The molecule has 0 spiro atoms. The quantitative estimate of drug-likeness (QED) is 0.338. The van der Waals surface area contributed by atoms with Crippen molar-refractivity contribution in [3.05, 3.63) is 41.9 Å². The maximum Gasteiger partial charge on any atom is 0.323 e. The number of carbonyl (C=O) groups excluding carboxylic acids is 1. The van der Waals surface area contributed by atoms with Crippen LogP contribution in [0.15, 0.2) is 30.6 Å². The van der Waals surface area contributed by atoms with Crippen LogP contribution in [0.3, 0.4) is 0 Å². The Hall–Kier alpha value is -4.84. The number of aryl methyl sites for hydroxylation is 2. The third-order valence-electron chi connectivity index (χ3n) is 6.88. The molecule has 1 unspecified atom stereocenters. The van der Waals surface area contributed by atoms with Crippen LogP contribution in [0.5, 0.6) is 11.5 Å². The van der Waals surface area contributed by atoms with Crippen LogP contribution in [-0.2, 0) is 19.5 Å². The summed E-state index contributed by atoms with van der Waals surface area (Å²) in [5, 5.41) is 29.5. The van der Waals surface area contributed by atoms with Crippen molar-refractivity contribution in [2.24, 2.45) is 7.05 Å². The molecule has 0 aromatic carbocycles. The largest absolute Gasteiger partial charge is 0.454 e. The van der Waals surface area contributed by atoms with Gasteiger partial charge in [-0.3, -0.25) is 10.00 Å². The van der Waals surface area contributed by atoms with E-state index < -0.39 is 12.0 Å². The van der Waals surface area contributed by atoms with Gasteiger partial charge in [0.05, 0.1) is 12.3 Å². The molecular weight excluding hydrogens is 526 g/mol. The zero-order valence-corrected chi connectivity index (χ0v) is 21.3. The minimum absolute atomic E-state index is 0.146. The van der Waals surface area contributed by atoms with Crippen LogP contribution in [0, 0.1) is 11.3 Å². The summed E-state index contributed by atoms with van der Waals surface area (Å²) < 4.78 is 37.4. The van der Waals surface area contributed by atoms with Gasteiger partial charge in [0.1, 0.15) is 34.4 Å². The number of aliphatic hydroxyl groups excluding tert-OH is 1. The first-order valence-corrected chi connectivity index (χ1v) is 12.6. The number of halogens is 2. The summed E-state index contributed by atoms with van der Waals surface area (Å²) in [5.41, 5.74) is 0.611. The van der Waals surface area contributed by atoms with Gasteiger partial charge in [0.25, 0.3) is 5.92 Å². The number of aliphatic hydroxyl groups is 1. The van der Waals surface area contributed by atoms with Crippen molar-refractivity contribution in [1.82, 2.24) is 34.2 Å². The maximum absolute atomic E-state index is 14.3. The maximum atomic E-state index is 14.3. The van der Waals surface area contributed by atoms with Crippen LogP contribution in [0.2, 0.25) is 0 Å². The average Bonchev–Trinajstić information content (AvgIpc) is 3.62. The normalized spacial score (nSPS) is 17.9. The lowest BCUT2D eigenvalue weighted by molar-refractivity contribution is -0.0364. The van der Waals surface area contributed by atoms with Gasteiger partial charge in [-0.05, 0) is 18.9 Å². The Bertz CT molecular complexity index is 1660. The fourth-order valence-corrected chi connectivity index (χ4v) is 4.87. The highest BCUT2D eigenvalue weighted by atomic mass is 19.3. The number of imidazole rings is 1. The standard InChI is InChI=1S/C25H24F2N10O3/c1-35-21-16(11-28)17(40-15-3-6-29-19(9-15)32-24(39)36-8-4-14(38)13-36)12-30-22(21)33-23(35)31-20-10-18-25(26,27)5-2-7-37(18)34-20/h3,6,9-10,12,14,38H,2,4-5,7-8,13H2,1H3,(H,29,32,39)(H,30,31,33,34). The van der Waals surface area contributed by atoms with Gasteiger partial charge in [-0.25, -0.2) is 14.8 Å². The van der Waals surface area contributed by atoms with Crippen molar-refractivity contribution < 1.29 is 23.4 Å². The summed E-state index contributed by atoms with van der Waals surface area (Å²) in [6.07, 6.45) is 2.88. The highest BCUT2D eigenvalue weighted by Crippen LogP contribution is 2.38. The van der Waals surface area contributed by atoms with Crippen molar-refractivity contribution in [1.29, 1.82) is 5.26 Å². The number of rotatable bonds is 5. The lowest BCUT2D eigenvalue weighted by Crippen LogP contribution is -2.33. The number of nitrogens with zero attached hydrogens (tertiary/aromatic N) is 8. The molecular formula is C25H24F2N10O3. The molecule has 15 heteroatoms. The van der Waals surface area contributed by atoms with Crippen LogP contribution in [0.4, 0.5) is 31.2 Å². The molecule has 4 aromatic heterocycles. The minimum Gasteiger partial charge on any atom is -0.454 e. The number of β-amino-alcohol motifs (C(OH)–C–C–N with tert-alkyl or cyclic N) is 1. The number of alkyl halides is 2. The predicted octanol–water partition coefficient (Wildman–Crippen LogP) is 3.45. The van der Waals surface area contributed by atoms with E-state index in [9.17, 15) is 23.9 Å². The molecule has 13 nitrogen and oxygen atoms in total. The van der Waals surface area contributed by atoms with Gasteiger partial charge in [-0.15, -0.1) is 0 Å². The second-order valence-corrected chi connectivity index (χ2v) is 9.64. The first kappa shape index (κ1) is 25.4. The molecule has 2 amide bonds. The molecule has 2 aliphatic rings. The summed E-state index contributed by atoms with van der Waals surface area (Å²) >= 11 is 0. The predicted molar refractivity (Wildman–Crippen MR) is 137 cm³/mol. The van der Waals surface area contributed by atoms with Gasteiger partial charge in [0.2, 0.25) is 5.95 Å². The van der Waals surface area contributed by atoms with E-state index in [-0.39, 0.29) is 59.2 Å². The summed E-state index contributed by atoms with van der Waals surface area (Å²) in [5.74, 6) is -1.80. The number of ether oxygens (including phenoxy) is 1. The number of fused-ring (bicyclic) bond motifs is 2. The average molecular weight is 551 g/mol. The lowest BCUT2D eigenvalue weighted by Gasteiger charge is -2.22. The molecule has 3 N–H and O–H groups in total. The number of amides is 2. The van der Waals surface area contributed by atoms with Gasteiger partial charge in [-0.1, -0.05) is 0 Å². The first-order chi connectivity index (χ1) is 19.2. The molecule has 206 valence electrons. The van der Waals surface area contributed by atoms with E-state index in [1.165, 1.54) is 34.1 Å². The number of likely N-dealkylation sites (tertiary alicyclic amines) is 1. The van der Waals surface area contributed by atoms with Crippen molar-refractivity contribution in [3.8, 4) is 17.6 Å². The number of hydrogen-bond acceptors (Lipinski definition) is 9. The molecule has 0 saturated carbocycles. The highest BCUT2D eigenvalue weighted by Gasteiger charge is 2.38. The molecule has 1 saturated heterocycles. The molecule has 4 aromatic rings. The van der Waals surface area contributed by atoms with Crippen LogP contribution in [-0.4, -0.2) is 64.5 Å². The van der Waals surface area contributed by atoms with E-state index >= 15 is 0 Å². The summed E-state index contributed by atoms with van der Waals surface area (Å²) in [6.45, 7) is 1.09. The third kappa shape index (κ3) is 4.62. The van der Waals surface area contributed by atoms with E-state index in [4.69, 9.17) is 4.74 Å². The molecule has 0 bridgehead atoms. The molecule has 0 aliphatic carbocycles. The number of aromatic nitrogens is 6. The summed E-state index contributed by atoms with van der Waals surface area (Å²) in [4.78, 5) is 26.8. The van der Waals surface area contributed by atoms with Gasteiger partial charge >= 0.3 is 6.03 Å². The number of nitriles is 1. The Morgan fingerprint density at radius 1 is 1.27 bits per heavy atom. The molecule has 2 aliphatic heterocycles. The van der Waals surface area contributed by atoms with Crippen LogP contribution in [0.25, 0.3) is 11.2 Å². The van der Waals surface area contributed by atoms with E-state index in [1.54, 1.807) is 17.7 Å². The van der Waals surface area contributed by atoms with E-state index in [0.717, 1.165) is 0 Å². The Kier molecular flexibility index (Phi) is 6.18. The van der Waals surface area contributed by atoms with Crippen molar-refractivity contribution >= 4 is 34.8 Å². The lowest BCUT2D eigenvalue weighted by atomic mass is 10.1. The van der Waals surface area contributed by atoms with Crippen LogP contribution >= 0.6 is 0 Å². The van der Waals surface area contributed by atoms with Gasteiger partial charge in [0.15, 0.2) is 17.2 Å². The molecule has 6 rings (SSSR count). The van der Waals surface area contributed by atoms with Crippen molar-refractivity contribution in [3.63, 3.8) is 0 Å². The van der Waals surface area contributed by atoms with Crippen molar-refractivity contribution in [2.45, 2.75) is 37.8 Å². The smallest absolute Gasteiger partial charge is 0.323 e. The zero-order valence-electron chi connectivity index (χ0n) is 21.3. The molecule has 6 heterocycles. The second-order valence-electron chi connectivity index (χ2n) is 9.64. The number of urea groups is 1. The number of anilines is 3. The van der Waals surface area contributed by atoms with Crippen LogP contribution < -0.4 is 15.4 Å².